The molecule has 1 rings (SSSR count). The van der Waals surface area contributed by atoms with Gasteiger partial charge in [0.05, 0.1) is 6.54 Å². The van der Waals surface area contributed by atoms with E-state index in [0.29, 0.717) is 0 Å². The van der Waals surface area contributed by atoms with Crippen LogP contribution in [0.1, 0.15) is 6.92 Å². The molecule has 0 N–H and O–H groups in total. The second-order valence-electron chi connectivity index (χ2n) is 1.93. The van der Waals surface area contributed by atoms with Crippen molar-refractivity contribution >= 4 is 6.21 Å². The van der Waals surface area contributed by atoms with Crippen molar-refractivity contribution in [1.82, 2.24) is 0 Å². The van der Waals surface area contributed by atoms with Gasteiger partial charge in [-0.25, -0.2) is 0 Å². The third-order valence-corrected chi connectivity index (χ3v) is 1.14. The van der Waals surface area contributed by atoms with E-state index in [-0.39, 0.29) is 0 Å². The monoisotopic (exact) mass is 107 g/mol. The third kappa shape index (κ3) is 0.861. The number of nitrogens with zero attached hydrogens (tertiary/aromatic N) is 1. The zero-order valence-electron chi connectivity index (χ0n) is 5.02. The lowest BCUT2D eigenvalue weighted by Gasteiger charge is -1.89. The highest BCUT2D eigenvalue weighted by Gasteiger charge is 1.96. The van der Waals surface area contributed by atoms with E-state index in [2.05, 4.69) is 17.6 Å². The fourth-order valence-corrected chi connectivity index (χ4v) is 0.639. The van der Waals surface area contributed by atoms with E-state index in [4.69, 9.17) is 0 Å². The summed E-state index contributed by atoms with van der Waals surface area (Å²) in [6.07, 6.45) is 3.94. The second-order valence-corrected chi connectivity index (χ2v) is 1.93. The topological polar surface area (TPSA) is 12.4 Å². The van der Waals surface area contributed by atoms with Crippen molar-refractivity contribution in [3.05, 3.63) is 23.8 Å². The fourth-order valence-electron chi connectivity index (χ4n) is 0.639. The average Bonchev–Trinajstić information content (AvgIpc) is 2.12. The van der Waals surface area contributed by atoms with Crippen LogP contribution < -0.4 is 0 Å². The van der Waals surface area contributed by atoms with Crippen molar-refractivity contribution in [2.24, 2.45) is 4.99 Å². The Morgan fingerprint density at radius 1 is 1.88 bits per heavy atom. The van der Waals surface area contributed by atoms with Crippen LogP contribution in [-0.2, 0) is 0 Å². The highest BCUT2D eigenvalue weighted by Crippen LogP contribution is 2.06. The molecule has 0 aliphatic carbocycles. The molecular formula is C7H9N. The van der Waals surface area contributed by atoms with Gasteiger partial charge in [0.15, 0.2) is 0 Å². The van der Waals surface area contributed by atoms with Gasteiger partial charge in [-0.3, -0.25) is 4.99 Å². The molecule has 0 aromatic rings. The third-order valence-electron chi connectivity index (χ3n) is 1.14. The van der Waals surface area contributed by atoms with Crippen molar-refractivity contribution in [2.75, 3.05) is 6.54 Å². The Morgan fingerprint density at radius 2 is 2.62 bits per heavy atom. The number of hydrogen-bond acceptors (Lipinski definition) is 1. The summed E-state index contributed by atoms with van der Waals surface area (Å²) < 4.78 is 0. The quantitative estimate of drug-likeness (QED) is 0.482. The van der Waals surface area contributed by atoms with Gasteiger partial charge in [0.25, 0.3) is 0 Å². The summed E-state index contributed by atoms with van der Waals surface area (Å²) in [5, 5.41) is 0. The molecule has 0 spiro atoms. The number of allylic oxidation sites excluding steroid dienone is 2. The lowest BCUT2D eigenvalue weighted by atomic mass is 10.1. The summed E-state index contributed by atoms with van der Waals surface area (Å²) >= 11 is 0. The maximum atomic E-state index is 4.01. The lowest BCUT2D eigenvalue weighted by Crippen LogP contribution is -1.78. The Balaban J connectivity index is 2.72. The van der Waals surface area contributed by atoms with E-state index in [1.165, 1.54) is 5.57 Å². The Morgan fingerprint density at radius 3 is 2.88 bits per heavy atom. The molecule has 1 aliphatic heterocycles. The summed E-state index contributed by atoms with van der Waals surface area (Å²) in [5.74, 6) is 0. The highest BCUT2D eigenvalue weighted by atomic mass is 14.7. The maximum Gasteiger partial charge on any atom is 0.0579 e. The van der Waals surface area contributed by atoms with Gasteiger partial charge in [0.1, 0.15) is 0 Å². The Labute approximate surface area is 49.4 Å². The summed E-state index contributed by atoms with van der Waals surface area (Å²) in [5.41, 5.74) is 2.29. The smallest absolute Gasteiger partial charge is 0.0579 e. The summed E-state index contributed by atoms with van der Waals surface area (Å²) in [6, 6.07) is 0. The van der Waals surface area contributed by atoms with Gasteiger partial charge in [-0.1, -0.05) is 12.7 Å². The van der Waals surface area contributed by atoms with Crippen LogP contribution in [0.4, 0.5) is 0 Å². The molecule has 0 amide bonds. The number of aliphatic imine (C=N–C) groups is 1. The zero-order chi connectivity index (χ0) is 5.98. The zero-order valence-corrected chi connectivity index (χ0v) is 5.02. The van der Waals surface area contributed by atoms with Gasteiger partial charge in [-0.15, -0.1) is 0 Å². The molecule has 1 nitrogen and oxygen atoms in total. The van der Waals surface area contributed by atoms with Crippen molar-refractivity contribution in [3.8, 4) is 0 Å². The molecule has 0 fully saturated rings. The molecule has 1 aliphatic rings. The van der Waals surface area contributed by atoms with Crippen LogP contribution in [0.25, 0.3) is 0 Å². The standard InChI is InChI=1S/C7H9N/c1-6(2)7-3-4-8-5-7/h3,5H,1,4H2,2H3. The fraction of sp³-hybridized carbons (Fsp3) is 0.286. The molecule has 0 saturated carbocycles. The van der Waals surface area contributed by atoms with Gasteiger partial charge < -0.3 is 0 Å². The van der Waals surface area contributed by atoms with E-state index in [1.54, 1.807) is 0 Å². The van der Waals surface area contributed by atoms with Crippen LogP contribution in [0.2, 0.25) is 0 Å². The Kier molecular flexibility index (Phi) is 1.29. The van der Waals surface area contributed by atoms with E-state index >= 15 is 0 Å². The van der Waals surface area contributed by atoms with Crippen molar-refractivity contribution in [3.63, 3.8) is 0 Å². The van der Waals surface area contributed by atoms with Crippen LogP contribution in [0.3, 0.4) is 0 Å². The lowest BCUT2D eigenvalue weighted by molar-refractivity contribution is 1.29. The van der Waals surface area contributed by atoms with Crippen LogP contribution in [0.15, 0.2) is 28.8 Å². The van der Waals surface area contributed by atoms with Crippen molar-refractivity contribution in [1.29, 1.82) is 0 Å². The molecule has 0 aromatic carbocycles. The van der Waals surface area contributed by atoms with Gasteiger partial charge >= 0.3 is 0 Å². The highest BCUT2D eigenvalue weighted by molar-refractivity contribution is 5.86. The predicted molar refractivity (Wildman–Crippen MR) is 36.3 cm³/mol. The summed E-state index contributed by atoms with van der Waals surface area (Å²) in [4.78, 5) is 4.01. The minimum absolute atomic E-state index is 0.836. The molecular weight excluding hydrogens is 98.1 g/mol. The Hall–Kier alpha value is -0.850. The van der Waals surface area contributed by atoms with Gasteiger partial charge in [0.2, 0.25) is 0 Å². The molecule has 0 aromatic heterocycles. The minimum atomic E-state index is 0.836. The molecule has 0 bridgehead atoms. The van der Waals surface area contributed by atoms with Crippen LogP contribution in [0, 0.1) is 0 Å². The largest absolute Gasteiger partial charge is 0.288 e. The normalized spacial score (nSPS) is 16.4. The Bertz CT molecular complexity index is 163. The molecule has 0 radical (unpaired) electrons. The molecule has 0 saturated heterocycles. The van der Waals surface area contributed by atoms with Crippen molar-refractivity contribution in [2.45, 2.75) is 6.92 Å². The van der Waals surface area contributed by atoms with Crippen LogP contribution in [-0.4, -0.2) is 12.8 Å². The SMILES string of the molecule is C=C(C)C1=CCN=C1. The average molecular weight is 107 g/mol. The molecule has 1 heterocycles. The van der Waals surface area contributed by atoms with Gasteiger partial charge in [-0.2, -0.15) is 0 Å². The first-order valence-corrected chi connectivity index (χ1v) is 2.66. The van der Waals surface area contributed by atoms with Gasteiger partial charge in [-0.05, 0) is 18.1 Å². The maximum absolute atomic E-state index is 4.01. The second kappa shape index (κ2) is 1.95. The van der Waals surface area contributed by atoms with E-state index in [9.17, 15) is 0 Å². The summed E-state index contributed by atoms with van der Waals surface area (Å²) in [7, 11) is 0. The van der Waals surface area contributed by atoms with E-state index in [1.807, 2.05) is 13.1 Å². The number of hydrogen-bond donors (Lipinski definition) is 0. The number of rotatable bonds is 1. The predicted octanol–water partition coefficient (Wildman–Crippen LogP) is 1.57. The van der Waals surface area contributed by atoms with E-state index < -0.39 is 0 Å². The molecule has 42 valence electrons. The van der Waals surface area contributed by atoms with Crippen LogP contribution >= 0.6 is 0 Å². The van der Waals surface area contributed by atoms with Crippen LogP contribution in [0.5, 0.6) is 0 Å². The van der Waals surface area contributed by atoms with Gasteiger partial charge in [0, 0.05) is 6.21 Å². The molecule has 0 unspecified atom stereocenters. The molecule has 0 atom stereocenters. The minimum Gasteiger partial charge on any atom is -0.288 e. The first kappa shape index (κ1) is 5.29. The first-order valence-electron chi connectivity index (χ1n) is 2.66. The summed E-state index contributed by atoms with van der Waals surface area (Å²) in [6.45, 7) is 6.60. The molecule has 8 heavy (non-hydrogen) atoms. The first-order chi connectivity index (χ1) is 3.80. The van der Waals surface area contributed by atoms with Crippen molar-refractivity contribution < 1.29 is 0 Å². The molecule has 1 heteroatoms. The van der Waals surface area contributed by atoms with E-state index in [0.717, 1.165) is 12.1 Å².